The summed E-state index contributed by atoms with van der Waals surface area (Å²) in [6.45, 7) is 0. The van der Waals surface area contributed by atoms with Crippen LogP contribution < -0.4 is 0 Å². The highest BCUT2D eigenvalue weighted by atomic mass is 17.0. The Bertz CT molecular complexity index is 88.4. The van der Waals surface area contributed by atoms with Gasteiger partial charge in [0.05, 0.1) is 0 Å². The van der Waals surface area contributed by atoms with E-state index in [0.29, 0.717) is 0 Å². The van der Waals surface area contributed by atoms with Gasteiger partial charge in [-0.15, -0.1) is 0 Å². The van der Waals surface area contributed by atoms with E-state index >= 15 is 0 Å². The number of fused-ring (bicyclic) bond motifs is 1. The van der Waals surface area contributed by atoms with Crippen molar-refractivity contribution in [3.05, 3.63) is 0 Å². The summed E-state index contributed by atoms with van der Waals surface area (Å²) in [6, 6.07) is 0. The summed E-state index contributed by atoms with van der Waals surface area (Å²) in [6.07, 6.45) is 12.4. The first-order valence-electron chi connectivity index (χ1n) is 5.17. The highest BCUT2D eigenvalue weighted by Gasteiger charge is 2.26. The summed E-state index contributed by atoms with van der Waals surface area (Å²) >= 11 is 0. The van der Waals surface area contributed by atoms with Crippen molar-refractivity contribution in [3.63, 3.8) is 0 Å². The van der Waals surface area contributed by atoms with Crippen LogP contribution in [0.2, 0.25) is 0 Å². The Hall–Kier alpha value is -0.0800. The monoisotopic (exact) mass is 172 g/mol. The van der Waals surface area contributed by atoms with E-state index in [-0.39, 0.29) is 0 Å². The molecule has 72 valence electrons. The van der Waals surface area contributed by atoms with Crippen molar-refractivity contribution in [1.82, 2.24) is 0 Å². The fraction of sp³-hybridized carbons (Fsp3) is 1.00. The minimum absolute atomic E-state index is 1.16. The van der Waals surface area contributed by atoms with Gasteiger partial charge in [-0.05, 0) is 11.8 Å². The molecule has 0 saturated heterocycles. The van der Waals surface area contributed by atoms with E-state index in [1.807, 2.05) is 0 Å². The van der Waals surface area contributed by atoms with Gasteiger partial charge in [-0.3, -0.25) is 10.5 Å². The van der Waals surface area contributed by atoms with Crippen molar-refractivity contribution in [3.8, 4) is 0 Å². The molecule has 0 bridgehead atoms. The smallest absolute Gasteiger partial charge is 0.0386 e. The quantitative estimate of drug-likeness (QED) is 0.434. The zero-order valence-electron chi connectivity index (χ0n) is 7.71. The van der Waals surface area contributed by atoms with E-state index in [2.05, 4.69) is 0 Å². The van der Waals surface area contributed by atoms with E-state index in [4.69, 9.17) is 10.5 Å². The molecule has 2 nitrogen and oxygen atoms in total. The summed E-state index contributed by atoms with van der Waals surface area (Å²) in [5.41, 5.74) is 0. The average molecular weight is 172 g/mol. The molecule has 0 heterocycles. The first kappa shape index (κ1) is 10.0. The van der Waals surface area contributed by atoms with E-state index in [9.17, 15) is 0 Å². The molecule has 0 aromatic heterocycles. The Morgan fingerprint density at radius 1 is 0.583 bits per heavy atom. The van der Waals surface area contributed by atoms with Crippen LogP contribution in [0.15, 0.2) is 0 Å². The zero-order valence-corrected chi connectivity index (χ0v) is 7.71. The molecular weight excluding hydrogens is 152 g/mol. The molecule has 0 unspecified atom stereocenters. The third-order valence-corrected chi connectivity index (χ3v) is 3.47. The van der Waals surface area contributed by atoms with Crippen molar-refractivity contribution >= 4 is 0 Å². The van der Waals surface area contributed by atoms with Crippen LogP contribution in [0.25, 0.3) is 0 Å². The fourth-order valence-corrected chi connectivity index (χ4v) is 2.86. The topological polar surface area (TPSA) is 40.5 Å². The summed E-state index contributed by atoms with van der Waals surface area (Å²) in [4.78, 5) is 0. The summed E-state index contributed by atoms with van der Waals surface area (Å²) in [7, 11) is 0. The van der Waals surface area contributed by atoms with Crippen LogP contribution in [-0.4, -0.2) is 10.5 Å². The second kappa shape index (κ2) is 5.55. The average Bonchev–Trinajstić information content (AvgIpc) is 2.21. The zero-order chi connectivity index (χ0) is 8.81. The maximum atomic E-state index is 6.00. The first-order valence-corrected chi connectivity index (χ1v) is 5.17. The standard InChI is InChI=1S/C10H18.H2O2/c1-2-6-10-8-4-3-7-9(10)5-1;1-2/h9-10H,1-8H2;1-2H. The fourth-order valence-electron chi connectivity index (χ4n) is 2.86. The van der Waals surface area contributed by atoms with Gasteiger partial charge < -0.3 is 0 Å². The Kier molecular flexibility index (Phi) is 4.62. The molecule has 0 amide bonds. The van der Waals surface area contributed by atoms with Gasteiger partial charge in [0.15, 0.2) is 0 Å². The van der Waals surface area contributed by atoms with Crippen LogP contribution in [0, 0.1) is 11.8 Å². The van der Waals surface area contributed by atoms with Gasteiger partial charge in [-0.2, -0.15) is 0 Å². The van der Waals surface area contributed by atoms with Crippen molar-refractivity contribution in [2.45, 2.75) is 51.4 Å². The lowest BCUT2D eigenvalue weighted by Gasteiger charge is -2.35. The Labute approximate surface area is 74.5 Å². The van der Waals surface area contributed by atoms with E-state index in [1.54, 1.807) is 25.7 Å². The second-order valence-electron chi connectivity index (χ2n) is 4.09. The van der Waals surface area contributed by atoms with Crippen LogP contribution in [0.5, 0.6) is 0 Å². The molecule has 2 saturated carbocycles. The van der Waals surface area contributed by atoms with Gasteiger partial charge >= 0.3 is 0 Å². The Morgan fingerprint density at radius 3 is 1.08 bits per heavy atom. The number of hydrogen-bond donors (Lipinski definition) is 2. The van der Waals surface area contributed by atoms with Crippen molar-refractivity contribution in [2.75, 3.05) is 0 Å². The highest BCUT2D eigenvalue weighted by Crippen LogP contribution is 2.39. The molecule has 0 aromatic carbocycles. The van der Waals surface area contributed by atoms with Gasteiger partial charge in [0, 0.05) is 0 Å². The molecule has 2 aliphatic rings. The SMILES string of the molecule is C1CCC2CCCCC2C1.OO. The Morgan fingerprint density at radius 2 is 0.833 bits per heavy atom. The molecular formula is C10H20O2. The molecule has 2 N–H and O–H groups in total. The minimum Gasteiger partial charge on any atom is -0.255 e. The van der Waals surface area contributed by atoms with Gasteiger partial charge in [0.2, 0.25) is 0 Å². The molecule has 0 atom stereocenters. The van der Waals surface area contributed by atoms with Crippen molar-refractivity contribution < 1.29 is 10.5 Å². The van der Waals surface area contributed by atoms with Crippen molar-refractivity contribution in [2.24, 2.45) is 11.8 Å². The largest absolute Gasteiger partial charge is 0.255 e. The predicted molar refractivity (Wildman–Crippen MR) is 49.2 cm³/mol. The lowest BCUT2D eigenvalue weighted by atomic mass is 9.71. The summed E-state index contributed by atoms with van der Waals surface area (Å²) in [5, 5.41) is 12.0. The maximum absolute atomic E-state index is 6.00. The number of rotatable bonds is 0. The predicted octanol–water partition coefficient (Wildman–Crippen LogP) is 3.38. The third kappa shape index (κ3) is 2.46. The van der Waals surface area contributed by atoms with E-state index in [0.717, 1.165) is 11.8 Å². The number of hydrogen-bond acceptors (Lipinski definition) is 2. The van der Waals surface area contributed by atoms with E-state index in [1.165, 1.54) is 25.7 Å². The summed E-state index contributed by atoms with van der Waals surface area (Å²) in [5.74, 6) is 2.31. The second-order valence-corrected chi connectivity index (χ2v) is 4.09. The minimum atomic E-state index is 1.16. The molecule has 0 aliphatic heterocycles. The molecule has 2 aliphatic carbocycles. The molecule has 0 radical (unpaired) electrons. The Balaban J connectivity index is 0.000000336. The third-order valence-electron chi connectivity index (χ3n) is 3.47. The van der Waals surface area contributed by atoms with E-state index < -0.39 is 0 Å². The van der Waals surface area contributed by atoms with Crippen LogP contribution in [-0.2, 0) is 0 Å². The molecule has 0 aromatic rings. The van der Waals surface area contributed by atoms with Gasteiger partial charge in [-0.25, -0.2) is 0 Å². The maximum Gasteiger partial charge on any atom is -0.0386 e. The van der Waals surface area contributed by atoms with Crippen molar-refractivity contribution in [1.29, 1.82) is 0 Å². The molecule has 0 spiro atoms. The molecule has 2 heteroatoms. The van der Waals surface area contributed by atoms with Gasteiger partial charge in [-0.1, -0.05) is 51.4 Å². The molecule has 2 fully saturated rings. The van der Waals surface area contributed by atoms with Crippen LogP contribution >= 0.6 is 0 Å². The highest BCUT2D eigenvalue weighted by molar-refractivity contribution is 4.78. The van der Waals surface area contributed by atoms with Gasteiger partial charge in [0.1, 0.15) is 0 Å². The van der Waals surface area contributed by atoms with Gasteiger partial charge in [0.25, 0.3) is 0 Å². The van der Waals surface area contributed by atoms with Crippen LogP contribution in [0.1, 0.15) is 51.4 Å². The molecule has 2 rings (SSSR count). The van der Waals surface area contributed by atoms with Crippen LogP contribution in [0.4, 0.5) is 0 Å². The van der Waals surface area contributed by atoms with Crippen LogP contribution in [0.3, 0.4) is 0 Å². The normalized spacial score (nSPS) is 34.5. The lowest BCUT2D eigenvalue weighted by Crippen LogP contribution is -2.22. The summed E-state index contributed by atoms with van der Waals surface area (Å²) < 4.78 is 0. The molecule has 12 heavy (non-hydrogen) atoms. The first-order chi connectivity index (χ1) is 5.97. The lowest BCUT2D eigenvalue weighted by molar-refractivity contribution is -0.176.